The molecule has 0 aliphatic carbocycles. The number of hydrogen-bond donors (Lipinski definition) is 1. The molecule has 0 aliphatic rings. The van der Waals surface area contributed by atoms with Gasteiger partial charge < -0.3 is 14.3 Å². The van der Waals surface area contributed by atoms with Crippen molar-refractivity contribution in [3.05, 3.63) is 0 Å². The first kappa shape index (κ1) is 19.9. The highest BCUT2D eigenvalue weighted by Gasteiger charge is 2.20. The zero-order chi connectivity index (χ0) is 14.7. The van der Waals surface area contributed by atoms with Gasteiger partial charge in [-0.1, -0.05) is 26.7 Å². The maximum Gasteiger partial charge on any atom is 0.317 e. The molecule has 0 heterocycles. The van der Waals surface area contributed by atoms with Crippen molar-refractivity contribution in [1.82, 2.24) is 4.90 Å². The third kappa shape index (κ3) is 10.8. The predicted molar refractivity (Wildman–Crippen MR) is 74.9 cm³/mol. The Hall–Kier alpha value is -0.380. The number of carbonyl (C=O) groups excluding carboxylic acids is 1. The van der Waals surface area contributed by atoms with Crippen molar-refractivity contribution in [3.63, 3.8) is 0 Å². The molecule has 0 saturated heterocycles. The monoisotopic (exact) mass is 281 g/mol. The zero-order valence-corrected chi connectivity index (χ0v) is 13.4. The largest absolute Gasteiger partial charge is 0.336 e. The second-order valence-electron chi connectivity index (χ2n) is 4.54. The molecule has 0 rings (SSSR count). The smallest absolute Gasteiger partial charge is 0.317 e. The summed E-state index contributed by atoms with van der Waals surface area (Å²) in [6.07, 6.45) is 2.64. The molecule has 0 aromatic heterocycles. The van der Waals surface area contributed by atoms with E-state index in [4.69, 9.17) is 4.89 Å². The molecule has 110 valence electrons. The molecule has 0 saturated carbocycles. The Morgan fingerprint density at radius 1 is 1.17 bits per heavy atom. The molecule has 1 unspecified atom stereocenters. The van der Waals surface area contributed by atoms with E-state index in [1.165, 1.54) is 12.8 Å². The minimum atomic E-state index is -3.01. The Morgan fingerprint density at radius 3 is 1.78 bits per heavy atom. The molecule has 18 heavy (non-hydrogen) atoms. The quantitative estimate of drug-likeness (QED) is 0.760. The van der Waals surface area contributed by atoms with Crippen LogP contribution < -0.4 is 0 Å². The summed E-state index contributed by atoms with van der Waals surface area (Å²) in [5.41, 5.74) is 0. The third-order valence-corrected chi connectivity index (χ3v) is 2.61. The predicted octanol–water partition coefficient (Wildman–Crippen LogP) is 2.84. The topological polar surface area (TPSA) is 66.8 Å². The van der Waals surface area contributed by atoms with E-state index >= 15 is 0 Å². The van der Waals surface area contributed by atoms with Crippen molar-refractivity contribution >= 4 is 14.2 Å². The highest BCUT2D eigenvalue weighted by atomic mass is 31.1. The van der Waals surface area contributed by atoms with E-state index in [2.05, 4.69) is 18.4 Å². The molecular weight excluding hydrogens is 253 g/mol. The van der Waals surface area contributed by atoms with Gasteiger partial charge in [0.2, 0.25) is 5.91 Å². The van der Waals surface area contributed by atoms with Crippen molar-refractivity contribution in [3.8, 4) is 0 Å². The van der Waals surface area contributed by atoms with Gasteiger partial charge in [-0.25, -0.2) is 0 Å². The lowest BCUT2D eigenvalue weighted by Crippen LogP contribution is -2.43. The van der Waals surface area contributed by atoms with Crippen LogP contribution >= 0.6 is 8.25 Å². The molecule has 1 N–H and O–H groups in total. The minimum Gasteiger partial charge on any atom is -0.336 e. The first-order chi connectivity index (χ1) is 8.27. The SMILES string of the molecule is CC(C)N(C(=O)CO[PH](=O)O)C(C)C.CCCC. The average molecular weight is 281 g/mol. The lowest BCUT2D eigenvalue weighted by molar-refractivity contribution is -0.137. The summed E-state index contributed by atoms with van der Waals surface area (Å²) in [6, 6.07) is 0.124. The summed E-state index contributed by atoms with van der Waals surface area (Å²) >= 11 is 0. The van der Waals surface area contributed by atoms with Crippen LogP contribution in [0.25, 0.3) is 0 Å². The standard InChI is InChI=1S/C8H18NO4P.C4H10/c1-6(2)9(7(3)4)8(10)5-13-14(11)12;1-3-4-2/h6-7,14H,5H2,1-4H3,(H,11,12);3-4H2,1-2H3. The Morgan fingerprint density at radius 2 is 1.56 bits per heavy atom. The van der Waals surface area contributed by atoms with Gasteiger partial charge in [0.15, 0.2) is 0 Å². The molecule has 1 amide bonds. The Kier molecular flexibility index (Phi) is 13.0. The van der Waals surface area contributed by atoms with Gasteiger partial charge in [0.1, 0.15) is 6.61 Å². The van der Waals surface area contributed by atoms with Crippen molar-refractivity contribution in [2.24, 2.45) is 0 Å². The molecule has 5 nitrogen and oxygen atoms in total. The fourth-order valence-electron chi connectivity index (χ4n) is 1.37. The molecule has 0 aromatic carbocycles. The molecule has 0 spiro atoms. The first-order valence-corrected chi connectivity index (χ1v) is 7.71. The van der Waals surface area contributed by atoms with Gasteiger partial charge in [-0.3, -0.25) is 9.36 Å². The van der Waals surface area contributed by atoms with E-state index in [0.29, 0.717) is 0 Å². The summed E-state index contributed by atoms with van der Waals surface area (Å²) in [4.78, 5) is 21.5. The summed E-state index contributed by atoms with van der Waals surface area (Å²) in [7, 11) is -3.01. The van der Waals surface area contributed by atoms with Crippen LogP contribution in [0.5, 0.6) is 0 Å². The van der Waals surface area contributed by atoms with Crippen LogP contribution in [0, 0.1) is 0 Å². The van der Waals surface area contributed by atoms with Gasteiger partial charge in [-0.2, -0.15) is 0 Å². The Bertz CT molecular complexity index is 234. The van der Waals surface area contributed by atoms with Crippen LogP contribution in [-0.2, 0) is 13.9 Å². The first-order valence-electron chi connectivity index (χ1n) is 6.44. The number of hydrogen-bond acceptors (Lipinski definition) is 3. The fourth-order valence-corrected chi connectivity index (χ4v) is 1.62. The third-order valence-electron chi connectivity index (χ3n) is 2.22. The van der Waals surface area contributed by atoms with Crippen LogP contribution in [-0.4, -0.2) is 34.4 Å². The molecule has 0 radical (unpaired) electrons. The van der Waals surface area contributed by atoms with Crippen LogP contribution in [0.15, 0.2) is 0 Å². The van der Waals surface area contributed by atoms with Crippen molar-refractivity contribution in [1.29, 1.82) is 0 Å². The lowest BCUT2D eigenvalue weighted by Gasteiger charge is -2.30. The minimum absolute atomic E-state index is 0.0621. The molecule has 0 fully saturated rings. The zero-order valence-electron chi connectivity index (χ0n) is 12.4. The fraction of sp³-hybridized carbons (Fsp3) is 0.917. The van der Waals surface area contributed by atoms with Gasteiger partial charge in [0, 0.05) is 12.1 Å². The van der Waals surface area contributed by atoms with E-state index in [0.717, 1.165) is 0 Å². The van der Waals surface area contributed by atoms with Gasteiger partial charge >= 0.3 is 8.25 Å². The highest BCUT2D eigenvalue weighted by molar-refractivity contribution is 7.32. The maximum absolute atomic E-state index is 11.5. The summed E-state index contributed by atoms with van der Waals surface area (Å²) in [6.45, 7) is 11.6. The number of carbonyl (C=O) groups is 1. The normalized spacial score (nSPS) is 12.1. The van der Waals surface area contributed by atoms with Crippen LogP contribution in [0.3, 0.4) is 0 Å². The number of unbranched alkanes of at least 4 members (excludes halogenated alkanes) is 1. The lowest BCUT2D eigenvalue weighted by atomic mass is 10.2. The molecule has 6 heteroatoms. The van der Waals surface area contributed by atoms with E-state index in [1.807, 2.05) is 27.7 Å². The van der Waals surface area contributed by atoms with Crippen molar-refractivity contribution < 1.29 is 18.8 Å². The van der Waals surface area contributed by atoms with Crippen LogP contribution in [0.2, 0.25) is 0 Å². The van der Waals surface area contributed by atoms with E-state index in [-0.39, 0.29) is 24.6 Å². The van der Waals surface area contributed by atoms with E-state index in [1.54, 1.807) is 4.90 Å². The van der Waals surface area contributed by atoms with E-state index in [9.17, 15) is 9.36 Å². The number of amides is 1. The van der Waals surface area contributed by atoms with Crippen LogP contribution in [0.1, 0.15) is 54.4 Å². The molecule has 0 bridgehead atoms. The van der Waals surface area contributed by atoms with Gasteiger partial charge in [0.05, 0.1) is 0 Å². The van der Waals surface area contributed by atoms with Gasteiger partial charge in [0.25, 0.3) is 0 Å². The van der Waals surface area contributed by atoms with Gasteiger partial charge in [-0.05, 0) is 27.7 Å². The second kappa shape index (κ2) is 11.7. The average Bonchev–Trinajstić information content (AvgIpc) is 2.25. The maximum atomic E-state index is 11.5. The van der Waals surface area contributed by atoms with Crippen molar-refractivity contribution in [2.45, 2.75) is 66.5 Å². The summed E-state index contributed by atoms with van der Waals surface area (Å²) < 4.78 is 14.7. The van der Waals surface area contributed by atoms with E-state index < -0.39 is 8.25 Å². The Balaban J connectivity index is 0. The highest BCUT2D eigenvalue weighted by Crippen LogP contribution is 2.15. The molecule has 0 aliphatic heterocycles. The molecule has 1 atom stereocenters. The molecular formula is C12H28NO4P. The second-order valence-corrected chi connectivity index (χ2v) is 5.36. The van der Waals surface area contributed by atoms with Crippen molar-refractivity contribution in [2.75, 3.05) is 6.61 Å². The molecule has 0 aromatic rings. The summed E-state index contributed by atoms with van der Waals surface area (Å²) in [5, 5.41) is 0. The number of rotatable bonds is 6. The van der Waals surface area contributed by atoms with Gasteiger partial charge in [-0.15, -0.1) is 0 Å². The summed E-state index contributed by atoms with van der Waals surface area (Å²) in [5.74, 6) is -0.262. The Labute approximate surface area is 111 Å². The number of nitrogens with zero attached hydrogens (tertiary/aromatic N) is 1. The van der Waals surface area contributed by atoms with Crippen LogP contribution in [0.4, 0.5) is 0 Å².